The van der Waals surface area contributed by atoms with Crippen LogP contribution in [0.1, 0.15) is 10.4 Å². The van der Waals surface area contributed by atoms with E-state index in [1.165, 1.54) is 31.6 Å². The highest BCUT2D eigenvalue weighted by atomic mass is 35.5. The van der Waals surface area contributed by atoms with Gasteiger partial charge in [0.2, 0.25) is 0 Å². The molecule has 9 nitrogen and oxygen atoms in total. The molecule has 4 rings (SSSR count). The van der Waals surface area contributed by atoms with E-state index in [-0.39, 0.29) is 22.3 Å². The highest BCUT2D eigenvalue weighted by molar-refractivity contribution is 7.13. The molecule has 0 atom stereocenters. The van der Waals surface area contributed by atoms with Crippen LogP contribution in [0.25, 0.3) is 0 Å². The molecule has 11 heteroatoms. The largest absolute Gasteiger partial charge is 0.497 e. The summed E-state index contributed by atoms with van der Waals surface area (Å²) >= 11 is 7.52. The zero-order chi connectivity index (χ0) is 23.5. The molecule has 0 aliphatic carbocycles. The monoisotopic (exact) mass is 484 g/mol. The number of nitrogens with zero attached hydrogens (tertiary/aromatic N) is 2. The van der Waals surface area contributed by atoms with Crippen molar-refractivity contribution in [2.75, 3.05) is 29.8 Å². The Morgan fingerprint density at radius 1 is 1.06 bits per heavy atom. The molecule has 1 aliphatic heterocycles. The molecule has 0 fully saturated rings. The first kappa shape index (κ1) is 22.3. The van der Waals surface area contributed by atoms with Crippen LogP contribution in [0, 0.1) is 0 Å². The van der Waals surface area contributed by atoms with Crippen molar-refractivity contribution in [1.82, 2.24) is 4.98 Å². The van der Waals surface area contributed by atoms with Gasteiger partial charge in [0.15, 0.2) is 5.13 Å². The van der Waals surface area contributed by atoms with E-state index in [2.05, 4.69) is 15.6 Å². The maximum Gasteiger partial charge on any atom is 0.283 e. The molecule has 0 unspecified atom stereocenters. The number of rotatable bonds is 7. The van der Waals surface area contributed by atoms with E-state index in [0.717, 1.165) is 4.90 Å². The highest BCUT2D eigenvalue weighted by Gasteiger charge is 2.40. The Kier molecular flexibility index (Phi) is 6.29. The minimum absolute atomic E-state index is 0.0912. The topological polar surface area (TPSA) is 110 Å². The number of aromatic nitrogens is 1. The average molecular weight is 485 g/mol. The molecule has 2 heterocycles. The number of carbonyl (C=O) groups excluding carboxylic acids is 3. The standard InChI is InChI=1S/C22H17ClN4O5S/c1-31-14-7-8-16(32-2)15(11-14)27-20(29)17(23)18(21(27)30)25-13-5-3-12(4-6-13)19(28)26-22-24-9-10-33-22/h3-11,25H,1-2H3,(H,24,26,28). The molecule has 1 aromatic heterocycles. The predicted octanol–water partition coefficient (Wildman–Crippen LogP) is 3.85. The van der Waals surface area contributed by atoms with E-state index >= 15 is 0 Å². The maximum absolute atomic E-state index is 13.1. The summed E-state index contributed by atoms with van der Waals surface area (Å²) in [5.74, 6) is -0.927. The summed E-state index contributed by atoms with van der Waals surface area (Å²) in [5, 5.41) is 7.53. The zero-order valence-corrected chi connectivity index (χ0v) is 19.0. The first-order chi connectivity index (χ1) is 15.9. The number of nitrogens with one attached hydrogen (secondary N) is 2. The molecule has 0 radical (unpaired) electrons. The minimum atomic E-state index is -0.699. The van der Waals surface area contributed by atoms with Gasteiger partial charge < -0.3 is 14.8 Å². The lowest BCUT2D eigenvalue weighted by molar-refractivity contribution is -0.120. The predicted molar refractivity (Wildman–Crippen MR) is 125 cm³/mol. The first-order valence-electron chi connectivity index (χ1n) is 9.51. The number of hydrogen-bond acceptors (Lipinski definition) is 8. The number of imide groups is 1. The van der Waals surface area contributed by atoms with Crippen LogP contribution in [0.3, 0.4) is 0 Å². The van der Waals surface area contributed by atoms with Gasteiger partial charge in [0.1, 0.15) is 22.2 Å². The SMILES string of the molecule is COc1ccc(OC)c(N2C(=O)C(Cl)=C(Nc3ccc(C(=O)Nc4nccs4)cc3)C2=O)c1. The fraction of sp³-hybridized carbons (Fsp3) is 0.0909. The molecular formula is C22H17ClN4O5S. The third kappa shape index (κ3) is 4.38. The third-order valence-electron chi connectivity index (χ3n) is 4.72. The number of thiazole rings is 1. The molecule has 0 saturated carbocycles. The first-order valence-corrected chi connectivity index (χ1v) is 10.8. The van der Waals surface area contributed by atoms with Gasteiger partial charge in [-0.2, -0.15) is 0 Å². The molecule has 2 N–H and O–H groups in total. The number of halogens is 1. The number of methoxy groups -OCH3 is 2. The van der Waals surface area contributed by atoms with Crippen molar-refractivity contribution >= 4 is 57.2 Å². The fourth-order valence-electron chi connectivity index (χ4n) is 3.11. The van der Waals surface area contributed by atoms with Crippen molar-refractivity contribution in [2.45, 2.75) is 0 Å². The Morgan fingerprint density at radius 2 is 1.82 bits per heavy atom. The summed E-state index contributed by atoms with van der Waals surface area (Å²) in [6.45, 7) is 0. The molecule has 168 valence electrons. The van der Waals surface area contributed by atoms with Crippen molar-refractivity contribution in [3.63, 3.8) is 0 Å². The summed E-state index contributed by atoms with van der Waals surface area (Å²) in [5.41, 5.74) is 0.976. The summed E-state index contributed by atoms with van der Waals surface area (Å²) in [6, 6.07) is 11.1. The molecule has 0 bridgehead atoms. The molecule has 3 amide bonds. The zero-order valence-electron chi connectivity index (χ0n) is 17.4. The van der Waals surface area contributed by atoms with E-state index in [1.54, 1.807) is 48.0 Å². The second-order valence-corrected chi connectivity index (χ2v) is 7.94. The average Bonchev–Trinajstić information content (AvgIpc) is 3.41. The van der Waals surface area contributed by atoms with E-state index in [9.17, 15) is 14.4 Å². The van der Waals surface area contributed by atoms with Crippen molar-refractivity contribution in [3.8, 4) is 11.5 Å². The number of amides is 3. The summed E-state index contributed by atoms with van der Waals surface area (Å²) in [7, 11) is 2.90. The van der Waals surface area contributed by atoms with Gasteiger partial charge in [-0.1, -0.05) is 11.6 Å². The summed E-state index contributed by atoms with van der Waals surface area (Å²) < 4.78 is 10.5. The Balaban J connectivity index is 1.54. The van der Waals surface area contributed by atoms with Crippen LogP contribution in [0.15, 0.2) is 64.8 Å². The summed E-state index contributed by atoms with van der Waals surface area (Å²) in [6.07, 6.45) is 1.59. The maximum atomic E-state index is 13.1. The molecule has 1 aliphatic rings. The van der Waals surface area contributed by atoms with Crippen LogP contribution in [0.4, 0.5) is 16.5 Å². The number of ether oxygens (including phenoxy) is 2. The quantitative estimate of drug-likeness (QED) is 0.490. The van der Waals surface area contributed by atoms with Gasteiger partial charge in [0.05, 0.1) is 19.9 Å². The van der Waals surface area contributed by atoms with Gasteiger partial charge in [-0.3, -0.25) is 19.7 Å². The second-order valence-electron chi connectivity index (χ2n) is 6.67. The van der Waals surface area contributed by atoms with Gasteiger partial charge >= 0.3 is 0 Å². The Labute approximate surface area is 197 Å². The third-order valence-corrected chi connectivity index (χ3v) is 5.76. The number of anilines is 3. The van der Waals surface area contributed by atoms with E-state index in [4.69, 9.17) is 21.1 Å². The van der Waals surface area contributed by atoms with Crippen LogP contribution in [0.5, 0.6) is 11.5 Å². The van der Waals surface area contributed by atoms with Gasteiger partial charge in [0.25, 0.3) is 17.7 Å². The normalized spacial score (nSPS) is 13.4. The Hall–Kier alpha value is -3.89. The van der Waals surface area contributed by atoms with Gasteiger partial charge in [0, 0.05) is 28.9 Å². The lowest BCUT2D eigenvalue weighted by atomic mass is 10.2. The molecule has 0 spiro atoms. The summed E-state index contributed by atoms with van der Waals surface area (Å²) in [4.78, 5) is 43.1. The van der Waals surface area contributed by atoms with E-state index in [0.29, 0.717) is 27.9 Å². The number of carbonyl (C=O) groups is 3. The lowest BCUT2D eigenvalue weighted by Crippen LogP contribution is -2.32. The molecule has 0 saturated heterocycles. The smallest absolute Gasteiger partial charge is 0.283 e. The number of hydrogen-bond donors (Lipinski definition) is 2. The number of benzene rings is 2. The molecule has 2 aromatic carbocycles. The molecule has 3 aromatic rings. The van der Waals surface area contributed by atoms with Crippen LogP contribution < -0.4 is 25.0 Å². The second kappa shape index (κ2) is 9.31. The van der Waals surface area contributed by atoms with Crippen molar-refractivity contribution in [1.29, 1.82) is 0 Å². The molecular weight excluding hydrogens is 468 g/mol. The lowest BCUT2D eigenvalue weighted by Gasteiger charge is -2.19. The van der Waals surface area contributed by atoms with Gasteiger partial charge in [-0.05, 0) is 36.4 Å². The Morgan fingerprint density at radius 3 is 2.45 bits per heavy atom. The highest BCUT2D eigenvalue weighted by Crippen LogP contribution is 2.37. The van der Waals surface area contributed by atoms with Crippen molar-refractivity contribution in [3.05, 3.63) is 70.3 Å². The minimum Gasteiger partial charge on any atom is -0.497 e. The van der Waals surface area contributed by atoms with E-state index < -0.39 is 11.8 Å². The van der Waals surface area contributed by atoms with Gasteiger partial charge in [-0.25, -0.2) is 9.88 Å². The Bertz CT molecular complexity index is 1260. The van der Waals surface area contributed by atoms with Crippen molar-refractivity contribution in [2.24, 2.45) is 0 Å². The van der Waals surface area contributed by atoms with Gasteiger partial charge in [-0.15, -0.1) is 11.3 Å². The van der Waals surface area contributed by atoms with Crippen molar-refractivity contribution < 1.29 is 23.9 Å². The molecule has 33 heavy (non-hydrogen) atoms. The van der Waals surface area contributed by atoms with Crippen LogP contribution in [-0.4, -0.2) is 36.9 Å². The van der Waals surface area contributed by atoms with Crippen LogP contribution in [0.2, 0.25) is 0 Å². The van der Waals surface area contributed by atoms with Crippen LogP contribution >= 0.6 is 22.9 Å². The van der Waals surface area contributed by atoms with Crippen LogP contribution in [-0.2, 0) is 9.59 Å². The fourth-order valence-corrected chi connectivity index (χ4v) is 3.84. The van der Waals surface area contributed by atoms with E-state index in [1.807, 2.05) is 0 Å².